The lowest BCUT2D eigenvalue weighted by Crippen LogP contribution is -2.14. The van der Waals surface area contributed by atoms with Gasteiger partial charge in [0.05, 0.1) is 17.9 Å². The highest BCUT2D eigenvalue weighted by Crippen LogP contribution is 2.26. The van der Waals surface area contributed by atoms with Crippen LogP contribution in [0.15, 0.2) is 39.9 Å². The number of aliphatic hydroxyl groups is 1. The van der Waals surface area contributed by atoms with Gasteiger partial charge in [0.15, 0.2) is 10.8 Å². The van der Waals surface area contributed by atoms with E-state index in [9.17, 15) is 24.6 Å². The molecule has 158 valence electrons. The van der Waals surface area contributed by atoms with Gasteiger partial charge in [0.2, 0.25) is 0 Å². The van der Waals surface area contributed by atoms with Gasteiger partial charge in [-0.2, -0.15) is 0 Å². The minimum Gasteiger partial charge on any atom is -0.510 e. The number of rotatable bonds is 7. The Hall–Kier alpha value is -3.31. The van der Waals surface area contributed by atoms with Crippen LogP contribution in [-0.2, 0) is 9.53 Å². The van der Waals surface area contributed by atoms with Gasteiger partial charge in [-0.25, -0.2) is 14.6 Å². The minimum absolute atomic E-state index is 0.0619. The zero-order valence-electron chi connectivity index (χ0n) is 16.1. The van der Waals surface area contributed by atoms with E-state index in [0.29, 0.717) is 5.69 Å². The number of aromatic nitrogens is 1. The van der Waals surface area contributed by atoms with Crippen LogP contribution in [0.2, 0.25) is 5.02 Å². The van der Waals surface area contributed by atoms with Crippen LogP contribution >= 0.6 is 22.9 Å². The van der Waals surface area contributed by atoms with Gasteiger partial charge in [0, 0.05) is 5.02 Å². The van der Waals surface area contributed by atoms with E-state index in [-0.39, 0.29) is 32.9 Å². The number of carbonyl (C=O) groups excluding carboxylic acids is 2. The van der Waals surface area contributed by atoms with Crippen molar-refractivity contribution < 1.29 is 29.3 Å². The second kappa shape index (κ2) is 9.94. The highest BCUT2D eigenvalue weighted by molar-refractivity contribution is 7.17. The fourth-order valence-corrected chi connectivity index (χ4v) is 3.17. The number of esters is 1. The zero-order chi connectivity index (χ0) is 22.4. The third-order valence-electron chi connectivity index (χ3n) is 3.48. The number of hydrogen-bond acceptors (Lipinski definition) is 9. The molecular weight excluding hydrogens is 436 g/mol. The van der Waals surface area contributed by atoms with Crippen molar-refractivity contribution in [1.82, 2.24) is 4.98 Å². The van der Waals surface area contributed by atoms with Crippen LogP contribution < -0.4 is 5.32 Å². The number of carboxylic acids is 1. The molecule has 2 aromatic rings. The third kappa shape index (κ3) is 5.61. The predicted octanol–water partition coefficient (Wildman–Crippen LogP) is 4.49. The zero-order valence-corrected chi connectivity index (χ0v) is 17.7. The first-order valence-electron chi connectivity index (χ1n) is 8.44. The molecule has 0 unspecified atom stereocenters. The predicted molar refractivity (Wildman–Crippen MR) is 110 cm³/mol. The largest absolute Gasteiger partial charge is 0.510 e. The summed E-state index contributed by atoms with van der Waals surface area (Å²) in [5.74, 6) is -3.16. The standard InChI is InChI=1S/C18H17ClN4O6S/c1-4-29-17(28)14-8(2)20-18(30-14)21-15(25)13(9(3)24)23-22-12-6-5-10(19)7-11(12)16(26)27/h5-7,24H,4H2,1-3H3,(H,26,27)(H,20,21,25). The number of halogens is 1. The smallest absolute Gasteiger partial charge is 0.350 e. The van der Waals surface area contributed by atoms with E-state index in [4.69, 9.17) is 16.3 Å². The lowest BCUT2D eigenvalue weighted by Gasteiger charge is -2.04. The van der Waals surface area contributed by atoms with Crippen molar-refractivity contribution in [1.29, 1.82) is 0 Å². The number of allylic oxidation sites excluding steroid dienone is 1. The van der Waals surface area contributed by atoms with Crippen LogP contribution in [0, 0.1) is 6.92 Å². The Morgan fingerprint density at radius 2 is 2.00 bits per heavy atom. The second-order valence-corrected chi connectivity index (χ2v) is 7.14. The molecule has 3 N–H and O–H groups in total. The summed E-state index contributed by atoms with van der Waals surface area (Å²) in [5.41, 5.74) is -0.384. The van der Waals surface area contributed by atoms with Gasteiger partial charge in [-0.3, -0.25) is 10.1 Å². The molecule has 0 spiro atoms. The second-order valence-electron chi connectivity index (χ2n) is 5.71. The maximum Gasteiger partial charge on any atom is 0.350 e. The molecule has 1 aromatic heterocycles. The van der Waals surface area contributed by atoms with Gasteiger partial charge in [-0.1, -0.05) is 22.9 Å². The Morgan fingerprint density at radius 1 is 1.30 bits per heavy atom. The normalized spacial score (nSPS) is 11.9. The number of ether oxygens (including phenoxy) is 1. The number of anilines is 1. The number of aromatic carboxylic acids is 1. The highest BCUT2D eigenvalue weighted by Gasteiger charge is 2.20. The van der Waals surface area contributed by atoms with Gasteiger partial charge in [-0.05, 0) is 39.0 Å². The summed E-state index contributed by atoms with van der Waals surface area (Å²) in [4.78, 5) is 40.0. The molecule has 1 heterocycles. The molecule has 1 amide bonds. The van der Waals surface area contributed by atoms with Crippen LogP contribution in [0.3, 0.4) is 0 Å². The Balaban J connectivity index is 2.26. The first-order chi connectivity index (χ1) is 14.1. The molecule has 0 aliphatic heterocycles. The van der Waals surface area contributed by atoms with Gasteiger partial charge < -0.3 is 14.9 Å². The van der Waals surface area contributed by atoms with E-state index in [1.165, 1.54) is 25.1 Å². The molecular formula is C18H17ClN4O6S. The van der Waals surface area contributed by atoms with E-state index in [2.05, 4.69) is 20.5 Å². The average molecular weight is 453 g/mol. The van der Waals surface area contributed by atoms with Crippen molar-refractivity contribution >= 4 is 51.6 Å². The number of benzene rings is 1. The molecule has 0 bridgehead atoms. The monoisotopic (exact) mass is 452 g/mol. The minimum atomic E-state index is -1.29. The molecule has 12 heteroatoms. The summed E-state index contributed by atoms with van der Waals surface area (Å²) in [6, 6.07) is 3.91. The summed E-state index contributed by atoms with van der Waals surface area (Å²) < 4.78 is 4.92. The quantitative estimate of drug-likeness (QED) is 0.242. The first-order valence-corrected chi connectivity index (χ1v) is 9.63. The third-order valence-corrected chi connectivity index (χ3v) is 4.77. The molecule has 0 fully saturated rings. The number of azo groups is 1. The summed E-state index contributed by atoms with van der Waals surface area (Å²) >= 11 is 6.68. The first kappa shape index (κ1) is 23.0. The summed E-state index contributed by atoms with van der Waals surface area (Å²) in [5, 5.41) is 29.2. The van der Waals surface area contributed by atoms with Gasteiger partial charge in [0.25, 0.3) is 5.91 Å². The van der Waals surface area contributed by atoms with Crippen molar-refractivity contribution in [2.24, 2.45) is 10.2 Å². The Morgan fingerprint density at radius 3 is 2.60 bits per heavy atom. The number of carboxylic acid groups (broad SMARTS) is 1. The van der Waals surface area contributed by atoms with Crippen molar-refractivity contribution in [3.8, 4) is 0 Å². The molecule has 30 heavy (non-hydrogen) atoms. The number of thiazole rings is 1. The number of aliphatic hydroxyl groups excluding tert-OH is 1. The Kier molecular flexibility index (Phi) is 7.61. The maximum atomic E-state index is 12.5. The van der Waals surface area contributed by atoms with Crippen molar-refractivity contribution in [2.45, 2.75) is 20.8 Å². The Labute approximate surface area is 179 Å². The summed E-state index contributed by atoms with van der Waals surface area (Å²) in [6.45, 7) is 4.66. The molecule has 0 saturated heterocycles. The van der Waals surface area contributed by atoms with Gasteiger partial charge >= 0.3 is 11.9 Å². The van der Waals surface area contributed by atoms with E-state index in [0.717, 1.165) is 11.3 Å². The number of carbonyl (C=O) groups is 3. The number of hydrogen-bond donors (Lipinski definition) is 3. The lowest BCUT2D eigenvalue weighted by atomic mass is 10.2. The van der Waals surface area contributed by atoms with Gasteiger partial charge in [-0.15, -0.1) is 10.2 Å². The van der Waals surface area contributed by atoms with Gasteiger partial charge in [0.1, 0.15) is 16.3 Å². The topological polar surface area (TPSA) is 151 Å². The van der Waals surface area contributed by atoms with Crippen LogP contribution in [0.4, 0.5) is 10.8 Å². The van der Waals surface area contributed by atoms with Crippen LogP contribution in [-0.4, -0.2) is 39.6 Å². The van der Waals surface area contributed by atoms with Crippen molar-refractivity contribution in [3.05, 3.63) is 50.8 Å². The molecule has 0 atom stereocenters. The number of nitrogens with one attached hydrogen (secondary N) is 1. The summed E-state index contributed by atoms with van der Waals surface area (Å²) in [7, 11) is 0. The lowest BCUT2D eigenvalue weighted by molar-refractivity contribution is -0.113. The Bertz CT molecular complexity index is 1060. The van der Waals surface area contributed by atoms with Crippen molar-refractivity contribution in [2.75, 3.05) is 11.9 Å². The van der Waals surface area contributed by atoms with E-state index < -0.39 is 29.3 Å². The summed E-state index contributed by atoms with van der Waals surface area (Å²) in [6.07, 6.45) is 0. The molecule has 0 aliphatic rings. The number of aryl methyl sites for hydroxylation is 1. The van der Waals surface area contributed by atoms with Crippen LogP contribution in [0.25, 0.3) is 0 Å². The average Bonchev–Trinajstić information content (AvgIpc) is 3.02. The molecule has 0 saturated carbocycles. The number of nitrogens with zero attached hydrogens (tertiary/aromatic N) is 3. The molecule has 2 rings (SSSR count). The fraction of sp³-hybridized carbons (Fsp3) is 0.222. The molecule has 0 aliphatic carbocycles. The fourth-order valence-electron chi connectivity index (χ4n) is 2.14. The highest BCUT2D eigenvalue weighted by atomic mass is 35.5. The molecule has 10 nitrogen and oxygen atoms in total. The van der Waals surface area contributed by atoms with E-state index >= 15 is 0 Å². The maximum absolute atomic E-state index is 12.5. The van der Waals surface area contributed by atoms with E-state index in [1.54, 1.807) is 13.8 Å². The molecule has 1 aromatic carbocycles. The van der Waals surface area contributed by atoms with Crippen LogP contribution in [0.1, 0.15) is 39.6 Å². The molecule has 0 radical (unpaired) electrons. The van der Waals surface area contributed by atoms with E-state index in [1.807, 2.05) is 0 Å². The van der Waals surface area contributed by atoms with Crippen LogP contribution in [0.5, 0.6) is 0 Å². The SMILES string of the molecule is CCOC(=O)c1sc(NC(=O)C(N=Nc2ccc(Cl)cc2C(=O)O)=C(C)O)nc1C. The van der Waals surface area contributed by atoms with Crippen molar-refractivity contribution in [3.63, 3.8) is 0 Å². The number of amides is 1.